The van der Waals surface area contributed by atoms with Crippen LogP contribution in [0.5, 0.6) is 5.75 Å². The van der Waals surface area contributed by atoms with Crippen LogP contribution in [-0.2, 0) is 0 Å². The van der Waals surface area contributed by atoms with Crippen LogP contribution < -0.4 is 10.1 Å². The van der Waals surface area contributed by atoms with Gasteiger partial charge in [-0.05, 0) is 31.0 Å². The van der Waals surface area contributed by atoms with E-state index in [2.05, 4.69) is 19.2 Å². The maximum atomic E-state index is 6.11. The quantitative estimate of drug-likeness (QED) is 0.893. The van der Waals surface area contributed by atoms with Gasteiger partial charge in [-0.2, -0.15) is 0 Å². The topological polar surface area (TPSA) is 33.6 Å². The van der Waals surface area contributed by atoms with Crippen molar-refractivity contribution in [1.29, 1.82) is 0 Å². The van der Waals surface area contributed by atoms with Crippen molar-refractivity contribution >= 4 is 34.2 Å². The molecule has 104 valence electrons. The molecule has 3 nitrogen and oxygen atoms in total. The van der Waals surface area contributed by atoms with Gasteiger partial charge in [-0.3, -0.25) is 4.99 Å². The molecule has 19 heavy (non-hydrogen) atoms. The molecule has 0 radical (unpaired) electrons. The Labute approximate surface area is 123 Å². The molecular weight excluding hydrogens is 280 g/mol. The fraction of sp³-hybridized carbons (Fsp3) is 0.500. The summed E-state index contributed by atoms with van der Waals surface area (Å²) in [7, 11) is 1.61. The van der Waals surface area contributed by atoms with E-state index < -0.39 is 0 Å². The predicted octanol–water partition coefficient (Wildman–Crippen LogP) is 4.42. The van der Waals surface area contributed by atoms with Crippen LogP contribution in [0.25, 0.3) is 0 Å². The lowest BCUT2D eigenvalue weighted by Crippen LogP contribution is -2.24. The molecule has 1 aliphatic rings. The number of ether oxygens (including phenoxy) is 1. The summed E-state index contributed by atoms with van der Waals surface area (Å²) < 4.78 is 5.14. The average molecular weight is 299 g/mol. The molecule has 0 unspecified atom stereocenters. The van der Waals surface area contributed by atoms with Gasteiger partial charge in [0.25, 0.3) is 0 Å². The van der Waals surface area contributed by atoms with E-state index in [1.54, 1.807) is 18.9 Å². The van der Waals surface area contributed by atoms with Crippen LogP contribution in [0.4, 0.5) is 5.69 Å². The molecule has 1 heterocycles. The molecular formula is C14H19ClN2OS. The van der Waals surface area contributed by atoms with E-state index in [1.807, 2.05) is 18.2 Å². The Morgan fingerprint density at radius 3 is 2.68 bits per heavy atom. The Morgan fingerprint density at radius 1 is 1.42 bits per heavy atom. The van der Waals surface area contributed by atoms with Gasteiger partial charge < -0.3 is 10.1 Å². The second-order valence-electron chi connectivity index (χ2n) is 4.61. The molecule has 0 aliphatic carbocycles. The molecule has 1 aromatic carbocycles. The minimum Gasteiger partial charge on any atom is -0.495 e. The standard InChI is InChI=1S/C14H19ClN2OS/c1-4-14(5-2)9-19-13(17-14)16-10-6-7-12(18-3)11(15)8-10/h6-8H,4-5,9H2,1-3H3,(H,16,17). The summed E-state index contributed by atoms with van der Waals surface area (Å²) in [5, 5.41) is 4.91. The van der Waals surface area contributed by atoms with Gasteiger partial charge in [-0.15, -0.1) is 0 Å². The number of hydrogen-bond donors (Lipinski definition) is 1. The number of rotatable bonds is 4. The van der Waals surface area contributed by atoms with Crippen molar-refractivity contribution in [2.24, 2.45) is 4.99 Å². The third-order valence-corrected chi connectivity index (χ3v) is 4.98. The molecule has 0 fully saturated rings. The van der Waals surface area contributed by atoms with Gasteiger partial charge in [0, 0.05) is 11.4 Å². The predicted molar refractivity (Wildman–Crippen MR) is 84.8 cm³/mol. The number of hydrogen-bond acceptors (Lipinski definition) is 4. The second-order valence-corrected chi connectivity index (χ2v) is 5.98. The van der Waals surface area contributed by atoms with Gasteiger partial charge in [0.2, 0.25) is 0 Å². The summed E-state index contributed by atoms with van der Waals surface area (Å²) in [5.41, 5.74) is 1.04. The zero-order valence-electron chi connectivity index (χ0n) is 11.5. The molecule has 1 N–H and O–H groups in total. The number of thioether (sulfide) groups is 1. The highest BCUT2D eigenvalue weighted by Crippen LogP contribution is 2.34. The van der Waals surface area contributed by atoms with Crippen LogP contribution in [-0.4, -0.2) is 23.6 Å². The number of anilines is 1. The van der Waals surface area contributed by atoms with Crippen molar-refractivity contribution in [3.63, 3.8) is 0 Å². The van der Waals surface area contributed by atoms with Crippen molar-refractivity contribution in [1.82, 2.24) is 0 Å². The van der Waals surface area contributed by atoms with Gasteiger partial charge in [0.15, 0.2) is 5.17 Å². The molecule has 0 amide bonds. The fourth-order valence-electron chi connectivity index (χ4n) is 2.03. The third-order valence-electron chi connectivity index (χ3n) is 3.54. The first kappa shape index (κ1) is 14.5. The highest BCUT2D eigenvalue weighted by molar-refractivity contribution is 8.14. The van der Waals surface area contributed by atoms with E-state index in [4.69, 9.17) is 21.3 Å². The van der Waals surface area contributed by atoms with Crippen LogP contribution in [0.3, 0.4) is 0 Å². The number of halogens is 1. The van der Waals surface area contributed by atoms with Crippen molar-refractivity contribution < 1.29 is 4.74 Å². The first-order valence-electron chi connectivity index (χ1n) is 6.45. The maximum absolute atomic E-state index is 6.11. The molecule has 1 aliphatic heterocycles. The third kappa shape index (κ3) is 3.18. The van der Waals surface area contributed by atoms with Gasteiger partial charge in [0.05, 0.1) is 17.7 Å². The number of amidine groups is 1. The van der Waals surface area contributed by atoms with E-state index in [-0.39, 0.29) is 5.54 Å². The first-order chi connectivity index (χ1) is 9.12. The fourth-order valence-corrected chi connectivity index (χ4v) is 3.61. The van der Waals surface area contributed by atoms with Gasteiger partial charge in [0.1, 0.15) is 5.75 Å². The molecule has 0 saturated carbocycles. The first-order valence-corrected chi connectivity index (χ1v) is 7.82. The minimum atomic E-state index is 0.100. The average Bonchev–Trinajstić information content (AvgIpc) is 2.83. The highest BCUT2D eigenvalue weighted by atomic mass is 35.5. The summed E-state index contributed by atoms with van der Waals surface area (Å²) in [6.07, 6.45) is 2.15. The maximum Gasteiger partial charge on any atom is 0.161 e. The van der Waals surface area contributed by atoms with Crippen molar-refractivity contribution in [2.45, 2.75) is 32.2 Å². The van der Waals surface area contributed by atoms with Gasteiger partial charge >= 0.3 is 0 Å². The molecule has 1 aromatic rings. The molecule has 0 atom stereocenters. The van der Waals surface area contributed by atoms with E-state index in [0.29, 0.717) is 10.8 Å². The minimum absolute atomic E-state index is 0.100. The van der Waals surface area contributed by atoms with Gasteiger partial charge in [-0.1, -0.05) is 37.2 Å². The van der Waals surface area contributed by atoms with Crippen molar-refractivity contribution in [3.8, 4) is 5.75 Å². The molecule has 0 saturated heterocycles. The normalized spacial score (nSPS) is 17.2. The molecule has 0 spiro atoms. The van der Waals surface area contributed by atoms with Crippen LogP contribution in [0, 0.1) is 0 Å². The van der Waals surface area contributed by atoms with Crippen LogP contribution in [0.2, 0.25) is 5.02 Å². The van der Waals surface area contributed by atoms with Crippen molar-refractivity contribution in [2.75, 3.05) is 18.2 Å². The molecule has 2 rings (SSSR count). The Morgan fingerprint density at radius 2 is 2.16 bits per heavy atom. The molecule has 5 heteroatoms. The smallest absolute Gasteiger partial charge is 0.161 e. The summed E-state index contributed by atoms with van der Waals surface area (Å²) in [6.45, 7) is 4.39. The van der Waals surface area contributed by atoms with E-state index in [1.165, 1.54) is 0 Å². The largest absolute Gasteiger partial charge is 0.495 e. The summed E-state index contributed by atoms with van der Waals surface area (Å²) in [4.78, 5) is 4.82. The number of nitrogens with one attached hydrogen (secondary N) is 1. The Balaban J connectivity index is 2.12. The lowest BCUT2D eigenvalue weighted by Gasteiger charge is -2.20. The molecule has 0 bridgehead atoms. The zero-order valence-corrected chi connectivity index (χ0v) is 13.1. The lowest BCUT2D eigenvalue weighted by atomic mass is 9.97. The lowest BCUT2D eigenvalue weighted by molar-refractivity contribution is 0.415. The summed E-state index contributed by atoms with van der Waals surface area (Å²) in [5.74, 6) is 1.73. The van der Waals surface area contributed by atoms with E-state index in [9.17, 15) is 0 Å². The monoisotopic (exact) mass is 298 g/mol. The van der Waals surface area contributed by atoms with Crippen LogP contribution in [0.1, 0.15) is 26.7 Å². The van der Waals surface area contributed by atoms with Gasteiger partial charge in [-0.25, -0.2) is 0 Å². The number of benzene rings is 1. The highest BCUT2D eigenvalue weighted by Gasteiger charge is 2.32. The molecule has 0 aromatic heterocycles. The Kier molecular flexibility index (Phi) is 4.63. The number of methoxy groups -OCH3 is 1. The summed E-state index contributed by atoms with van der Waals surface area (Å²) >= 11 is 7.89. The van der Waals surface area contributed by atoms with Crippen LogP contribution in [0.15, 0.2) is 23.2 Å². The SMILES string of the molecule is CCC1(CC)CSC(Nc2ccc(OC)c(Cl)c2)=N1. The summed E-state index contributed by atoms with van der Waals surface area (Å²) in [6, 6.07) is 5.67. The van der Waals surface area contributed by atoms with Crippen molar-refractivity contribution in [3.05, 3.63) is 23.2 Å². The van der Waals surface area contributed by atoms with E-state index >= 15 is 0 Å². The zero-order chi connectivity index (χ0) is 13.9. The number of aliphatic imine (C=N–C) groups is 1. The Bertz CT molecular complexity index is 486. The Hall–Kier alpha value is -0.870. The van der Waals surface area contributed by atoms with Crippen LogP contribution >= 0.6 is 23.4 Å². The van der Waals surface area contributed by atoms with E-state index in [0.717, 1.165) is 29.4 Å². The second kappa shape index (κ2) is 6.06. The number of nitrogens with zero attached hydrogens (tertiary/aromatic N) is 1.